The zero-order valence-corrected chi connectivity index (χ0v) is 16.5. The molecule has 0 spiro atoms. The van der Waals surface area contributed by atoms with Crippen molar-refractivity contribution in [2.75, 3.05) is 27.3 Å². The van der Waals surface area contributed by atoms with E-state index >= 15 is 0 Å². The summed E-state index contributed by atoms with van der Waals surface area (Å²) in [4.78, 5) is 6.97. The molecule has 0 radical (unpaired) electrons. The molecule has 0 aliphatic heterocycles. The first-order valence-electron chi connectivity index (χ1n) is 8.41. The SMILES string of the molecule is Cc1cccc(C)c1OCCOn1nnc2ccc(S(=O)(=O)N(C)C)cc21. The van der Waals surface area contributed by atoms with E-state index in [-0.39, 0.29) is 11.5 Å². The molecule has 0 amide bonds. The number of fused-ring (bicyclic) bond motifs is 1. The van der Waals surface area contributed by atoms with Crippen molar-refractivity contribution in [3.63, 3.8) is 0 Å². The van der Waals surface area contributed by atoms with E-state index in [0.717, 1.165) is 21.2 Å². The first-order valence-corrected chi connectivity index (χ1v) is 9.85. The maximum Gasteiger partial charge on any atom is 0.242 e. The van der Waals surface area contributed by atoms with Crippen molar-refractivity contribution in [3.05, 3.63) is 47.5 Å². The van der Waals surface area contributed by atoms with E-state index < -0.39 is 10.0 Å². The zero-order valence-electron chi connectivity index (χ0n) is 15.7. The molecule has 0 atom stereocenters. The van der Waals surface area contributed by atoms with Crippen LogP contribution < -0.4 is 9.57 Å². The number of sulfonamides is 1. The summed E-state index contributed by atoms with van der Waals surface area (Å²) in [6, 6.07) is 10.6. The highest BCUT2D eigenvalue weighted by molar-refractivity contribution is 7.89. The Kier molecular flexibility index (Phi) is 5.33. The van der Waals surface area contributed by atoms with Gasteiger partial charge in [0, 0.05) is 14.1 Å². The average Bonchev–Trinajstić information content (AvgIpc) is 3.03. The van der Waals surface area contributed by atoms with Crippen LogP contribution in [0, 0.1) is 13.8 Å². The molecule has 1 heterocycles. The minimum absolute atomic E-state index is 0.152. The number of para-hydroxylation sites is 1. The molecular weight excluding hydrogens is 368 g/mol. The van der Waals surface area contributed by atoms with Gasteiger partial charge in [-0.3, -0.25) is 0 Å². The summed E-state index contributed by atoms with van der Waals surface area (Å²) < 4.78 is 31.6. The zero-order chi connectivity index (χ0) is 19.6. The minimum atomic E-state index is -3.55. The van der Waals surface area contributed by atoms with Gasteiger partial charge in [0.25, 0.3) is 0 Å². The predicted octanol–water partition coefficient (Wildman–Crippen LogP) is 1.81. The molecule has 144 valence electrons. The molecular formula is C18H22N4O4S. The highest BCUT2D eigenvalue weighted by Crippen LogP contribution is 2.22. The van der Waals surface area contributed by atoms with Crippen molar-refractivity contribution >= 4 is 21.1 Å². The van der Waals surface area contributed by atoms with Crippen LogP contribution in [0.15, 0.2) is 41.3 Å². The predicted molar refractivity (Wildman–Crippen MR) is 101 cm³/mol. The minimum Gasteiger partial charge on any atom is -0.489 e. The molecule has 0 saturated heterocycles. The number of benzene rings is 2. The molecule has 27 heavy (non-hydrogen) atoms. The van der Waals surface area contributed by atoms with E-state index in [1.807, 2.05) is 32.0 Å². The van der Waals surface area contributed by atoms with Crippen LogP contribution in [0.3, 0.4) is 0 Å². The first kappa shape index (κ1) is 19.1. The third-order valence-electron chi connectivity index (χ3n) is 4.12. The molecule has 0 aliphatic carbocycles. The smallest absolute Gasteiger partial charge is 0.242 e. The molecule has 3 rings (SSSR count). The lowest BCUT2D eigenvalue weighted by Gasteiger charge is -2.13. The lowest BCUT2D eigenvalue weighted by molar-refractivity contribution is 0.0636. The average molecular weight is 390 g/mol. The van der Waals surface area contributed by atoms with Gasteiger partial charge in [0.2, 0.25) is 10.0 Å². The van der Waals surface area contributed by atoms with Gasteiger partial charge in [0.15, 0.2) is 6.61 Å². The van der Waals surface area contributed by atoms with Crippen LogP contribution >= 0.6 is 0 Å². The Labute approximate surface area is 158 Å². The molecule has 0 N–H and O–H groups in total. The Morgan fingerprint density at radius 1 is 1.07 bits per heavy atom. The first-order chi connectivity index (χ1) is 12.8. The molecule has 1 aromatic heterocycles. The Morgan fingerprint density at radius 2 is 1.78 bits per heavy atom. The Bertz CT molecular complexity index is 1040. The Morgan fingerprint density at radius 3 is 2.44 bits per heavy atom. The van der Waals surface area contributed by atoms with Crippen LogP contribution in [0.25, 0.3) is 11.0 Å². The maximum absolute atomic E-state index is 12.3. The molecule has 2 aromatic carbocycles. The summed E-state index contributed by atoms with van der Waals surface area (Å²) in [7, 11) is -0.584. The van der Waals surface area contributed by atoms with Crippen LogP contribution in [0.5, 0.6) is 5.75 Å². The molecule has 3 aromatic rings. The standard InChI is InChI=1S/C18H22N4O4S/c1-13-6-5-7-14(2)18(13)25-10-11-26-22-17-12-15(27(23,24)21(3)4)8-9-16(17)19-20-22/h5-9,12H,10-11H2,1-4H3. The Hall–Kier alpha value is -2.65. The fraction of sp³-hybridized carbons (Fsp3) is 0.333. The molecule has 0 bridgehead atoms. The van der Waals surface area contributed by atoms with Crippen molar-refractivity contribution in [1.29, 1.82) is 0 Å². The second-order valence-electron chi connectivity index (χ2n) is 6.30. The number of rotatable bonds is 7. The summed E-state index contributed by atoms with van der Waals surface area (Å²) in [5, 5.41) is 7.91. The summed E-state index contributed by atoms with van der Waals surface area (Å²) >= 11 is 0. The molecule has 9 heteroatoms. The highest BCUT2D eigenvalue weighted by Gasteiger charge is 2.19. The van der Waals surface area contributed by atoms with E-state index in [9.17, 15) is 8.42 Å². The van der Waals surface area contributed by atoms with Crippen molar-refractivity contribution < 1.29 is 18.0 Å². The van der Waals surface area contributed by atoms with Gasteiger partial charge in [-0.2, -0.15) is 0 Å². The van der Waals surface area contributed by atoms with E-state index in [0.29, 0.717) is 17.6 Å². The van der Waals surface area contributed by atoms with Crippen LogP contribution in [-0.2, 0) is 10.0 Å². The lowest BCUT2D eigenvalue weighted by Crippen LogP contribution is -2.22. The third kappa shape index (κ3) is 3.88. The van der Waals surface area contributed by atoms with Gasteiger partial charge in [-0.1, -0.05) is 23.0 Å². The molecule has 0 saturated carbocycles. The monoisotopic (exact) mass is 390 g/mol. The fourth-order valence-electron chi connectivity index (χ4n) is 2.64. The summed E-state index contributed by atoms with van der Waals surface area (Å²) in [6.45, 7) is 4.53. The largest absolute Gasteiger partial charge is 0.489 e. The van der Waals surface area contributed by atoms with Crippen molar-refractivity contribution in [1.82, 2.24) is 19.5 Å². The van der Waals surface area contributed by atoms with Crippen LogP contribution in [-0.4, -0.2) is 55.2 Å². The lowest BCUT2D eigenvalue weighted by atomic mass is 10.1. The van der Waals surface area contributed by atoms with Gasteiger partial charge >= 0.3 is 0 Å². The van der Waals surface area contributed by atoms with Gasteiger partial charge in [0.1, 0.15) is 23.4 Å². The normalized spacial score (nSPS) is 11.9. The number of nitrogens with zero attached hydrogens (tertiary/aromatic N) is 4. The molecule has 0 fully saturated rings. The second kappa shape index (κ2) is 7.53. The number of hydrogen-bond acceptors (Lipinski definition) is 6. The van der Waals surface area contributed by atoms with Gasteiger partial charge in [0.05, 0.1) is 4.90 Å². The van der Waals surface area contributed by atoms with Crippen molar-refractivity contribution in [2.24, 2.45) is 0 Å². The quantitative estimate of drug-likeness (QED) is 0.572. The van der Waals surface area contributed by atoms with Crippen LogP contribution in [0.1, 0.15) is 11.1 Å². The summed E-state index contributed by atoms with van der Waals surface area (Å²) in [5.41, 5.74) is 3.13. The van der Waals surface area contributed by atoms with E-state index in [1.165, 1.54) is 31.1 Å². The van der Waals surface area contributed by atoms with Crippen LogP contribution in [0.4, 0.5) is 0 Å². The van der Waals surface area contributed by atoms with Gasteiger partial charge in [-0.05, 0) is 48.4 Å². The number of hydrogen-bond donors (Lipinski definition) is 0. The molecule has 0 aliphatic rings. The maximum atomic E-state index is 12.3. The highest BCUT2D eigenvalue weighted by atomic mass is 32.2. The fourth-order valence-corrected chi connectivity index (χ4v) is 3.56. The van der Waals surface area contributed by atoms with Crippen molar-refractivity contribution in [3.8, 4) is 5.75 Å². The van der Waals surface area contributed by atoms with E-state index in [1.54, 1.807) is 6.07 Å². The summed E-state index contributed by atoms with van der Waals surface area (Å²) in [5.74, 6) is 0.837. The molecule has 0 unspecified atom stereocenters. The third-order valence-corrected chi connectivity index (χ3v) is 5.93. The summed E-state index contributed by atoms with van der Waals surface area (Å²) in [6.07, 6.45) is 0. The second-order valence-corrected chi connectivity index (χ2v) is 8.45. The number of aryl methyl sites for hydroxylation is 2. The van der Waals surface area contributed by atoms with Crippen molar-refractivity contribution in [2.45, 2.75) is 18.7 Å². The topological polar surface area (TPSA) is 86.5 Å². The van der Waals surface area contributed by atoms with E-state index in [2.05, 4.69) is 10.3 Å². The van der Waals surface area contributed by atoms with Gasteiger partial charge in [-0.25, -0.2) is 12.7 Å². The van der Waals surface area contributed by atoms with E-state index in [4.69, 9.17) is 9.57 Å². The van der Waals surface area contributed by atoms with Gasteiger partial charge < -0.3 is 9.57 Å². The molecule has 8 nitrogen and oxygen atoms in total. The Balaban J connectivity index is 1.72. The number of aromatic nitrogens is 3. The number of ether oxygens (including phenoxy) is 1. The van der Waals surface area contributed by atoms with Crippen LogP contribution in [0.2, 0.25) is 0 Å². The van der Waals surface area contributed by atoms with Gasteiger partial charge in [-0.15, -0.1) is 5.10 Å².